The summed E-state index contributed by atoms with van der Waals surface area (Å²) in [5.41, 5.74) is 3.78. The third-order valence-electron chi connectivity index (χ3n) is 6.16. The van der Waals surface area contributed by atoms with Crippen molar-refractivity contribution in [2.24, 2.45) is 5.92 Å². The lowest BCUT2D eigenvalue weighted by Gasteiger charge is -2.29. The molecule has 0 bridgehead atoms. The number of nitrogens with one attached hydrogen (secondary N) is 1. The zero-order chi connectivity index (χ0) is 22.7. The zero-order valence-electron chi connectivity index (χ0n) is 18.8. The SMILES string of the molecule is Cc1ccc(-n2c(SCC(=O)N[C@@H]3CCCC[C@@H]3C)nnc2-c2ccccc2O)c(C)c1. The molecular weight excluding hydrogens is 420 g/mol. The van der Waals surface area contributed by atoms with E-state index in [9.17, 15) is 9.90 Å². The Morgan fingerprint density at radius 2 is 1.94 bits per heavy atom. The van der Waals surface area contributed by atoms with E-state index in [1.165, 1.54) is 36.6 Å². The van der Waals surface area contributed by atoms with Crippen LogP contribution in [0.15, 0.2) is 47.6 Å². The molecule has 4 rings (SSSR count). The number of aromatic hydroxyl groups is 1. The van der Waals surface area contributed by atoms with E-state index in [4.69, 9.17) is 0 Å². The molecule has 2 aromatic carbocycles. The fourth-order valence-corrected chi connectivity index (χ4v) is 5.14. The van der Waals surface area contributed by atoms with Crippen molar-refractivity contribution in [2.75, 3.05) is 5.75 Å². The first kappa shape index (κ1) is 22.4. The van der Waals surface area contributed by atoms with Gasteiger partial charge in [0.25, 0.3) is 0 Å². The fraction of sp³-hybridized carbons (Fsp3) is 0.400. The lowest BCUT2D eigenvalue weighted by atomic mass is 9.86. The van der Waals surface area contributed by atoms with Crippen LogP contribution in [0.2, 0.25) is 0 Å². The van der Waals surface area contributed by atoms with E-state index in [-0.39, 0.29) is 23.5 Å². The van der Waals surface area contributed by atoms with Gasteiger partial charge in [0.15, 0.2) is 11.0 Å². The van der Waals surface area contributed by atoms with Gasteiger partial charge in [-0.2, -0.15) is 0 Å². The molecule has 1 heterocycles. The molecule has 1 amide bonds. The largest absolute Gasteiger partial charge is 0.507 e. The van der Waals surface area contributed by atoms with Gasteiger partial charge in [-0.3, -0.25) is 9.36 Å². The van der Waals surface area contributed by atoms with Gasteiger partial charge in [0, 0.05) is 6.04 Å². The van der Waals surface area contributed by atoms with Crippen molar-refractivity contribution in [1.82, 2.24) is 20.1 Å². The van der Waals surface area contributed by atoms with Gasteiger partial charge in [0.2, 0.25) is 5.91 Å². The minimum Gasteiger partial charge on any atom is -0.507 e. The van der Waals surface area contributed by atoms with E-state index in [1.807, 2.05) is 35.8 Å². The van der Waals surface area contributed by atoms with Crippen molar-refractivity contribution in [3.8, 4) is 22.8 Å². The summed E-state index contributed by atoms with van der Waals surface area (Å²) in [6, 6.07) is 13.5. The van der Waals surface area contributed by atoms with Crippen molar-refractivity contribution in [1.29, 1.82) is 0 Å². The van der Waals surface area contributed by atoms with Crippen LogP contribution in [0.1, 0.15) is 43.7 Å². The average molecular weight is 451 g/mol. The van der Waals surface area contributed by atoms with Crippen LogP contribution in [0, 0.1) is 19.8 Å². The van der Waals surface area contributed by atoms with Crippen LogP contribution in [-0.2, 0) is 4.79 Å². The number of thioether (sulfide) groups is 1. The third-order valence-corrected chi connectivity index (χ3v) is 7.09. The Hall–Kier alpha value is -2.80. The van der Waals surface area contributed by atoms with Gasteiger partial charge in [-0.05, 0) is 56.4 Å². The molecule has 6 nitrogen and oxygen atoms in total. The number of rotatable bonds is 6. The molecular formula is C25H30N4O2S. The monoisotopic (exact) mass is 450 g/mol. The van der Waals surface area contributed by atoms with Crippen LogP contribution in [0.5, 0.6) is 5.75 Å². The van der Waals surface area contributed by atoms with Gasteiger partial charge in [-0.25, -0.2) is 0 Å². The molecule has 0 saturated heterocycles. The van der Waals surface area contributed by atoms with Crippen molar-refractivity contribution >= 4 is 17.7 Å². The molecule has 0 aliphatic heterocycles. The van der Waals surface area contributed by atoms with Gasteiger partial charge < -0.3 is 10.4 Å². The zero-order valence-corrected chi connectivity index (χ0v) is 19.7. The van der Waals surface area contributed by atoms with E-state index in [2.05, 4.69) is 35.4 Å². The molecule has 1 aromatic heterocycles. The summed E-state index contributed by atoms with van der Waals surface area (Å²) in [7, 11) is 0. The highest BCUT2D eigenvalue weighted by atomic mass is 32.2. The smallest absolute Gasteiger partial charge is 0.230 e. The van der Waals surface area contributed by atoms with Gasteiger partial charge in [-0.1, -0.05) is 61.4 Å². The Morgan fingerprint density at radius 1 is 1.16 bits per heavy atom. The number of carbonyl (C=O) groups excluding carboxylic acids is 1. The first-order valence-corrected chi connectivity index (χ1v) is 12.2. The van der Waals surface area contributed by atoms with Crippen molar-refractivity contribution < 1.29 is 9.90 Å². The number of aromatic nitrogens is 3. The number of phenolic OH excluding ortho intramolecular Hbond substituents is 1. The molecule has 1 fully saturated rings. The maximum Gasteiger partial charge on any atom is 0.230 e. The van der Waals surface area contributed by atoms with Gasteiger partial charge in [0.05, 0.1) is 17.0 Å². The van der Waals surface area contributed by atoms with E-state index in [0.717, 1.165) is 17.7 Å². The highest BCUT2D eigenvalue weighted by Gasteiger charge is 2.24. The van der Waals surface area contributed by atoms with Crippen molar-refractivity contribution in [2.45, 2.75) is 57.7 Å². The highest BCUT2D eigenvalue weighted by molar-refractivity contribution is 7.99. The Labute approximate surface area is 193 Å². The molecule has 32 heavy (non-hydrogen) atoms. The lowest BCUT2D eigenvalue weighted by molar-refractivity contribution is -0.119. The summed E-state index contributed by atoms with van der Waals surface area (Å²) < 4.78 is 1.94. The number of aryl methyl sites for hydroxylation is 2. The molecule has 7 heteroatoms. The second-order valence-corrected chi connectivity index (χ2v) is 9.62. The van der Waals surface area contributed by atoms with Crippen LogP contribution in [0.25, 0.3) is 17.1 Å². The lowest BCUT2D eigenvalue weighted by Crippen LogP contribution is -2.41. The Balaban J connectivity index is 1.62. The summed E-state index contributed by atoms with van der Waals surface area (Å²) in [6.07, 6.45) is 4.64. The molecule has 1 aliphatic carbocycles. The normalized spacial score (nSPS) is 18.5. The minimum absolute atomic E-state index is 0.0213. The predicted molar refractivity (Wildman–Crippen MR) is 128 cm³/mol. The molecule has 3 aromatic rings. The van der Waals surface area contributed by atoms with E-state index in [1.54, 1.807) is 12.1 Å². The van der Waals surface area contributed by atoms with E-state index < -0.39 is 0 Å². The quantitative estimate of drug-likeness (QED) is 0.514. The Morgan fingerprint density at radius 3 is 2.69 bits per heavy atom. The second kappa shape index (κ2) is 9.77. The maximum absolute atomic E-state index is 12.7. The molecule has 0 spiro atoms. The van der Waals surface area contributed by atoms with E-state index in [0.29, 0.717) is 22.5 Å². The predicted octanol–water partition coefficient (Wildman–Crippen LogP) is 5.04. The van der Waals surface area contributed by atoms with Gasteiger partial charge >= 0.3 is 0 Å². The van der Waals surface area contributed by atoms with Crippen LogP contribution in [-0.4, -0.2) is 37.6 Å². The Bertz CT molecular complexity index is 1110. The third kappa shape index (κ3) is 4.83. The van der Waals surface area contributed by atoms with Gasteiger partial charge in [-0.15, -0.1) is 10.2 Å². The van der Waals surface area contributed by atoms with Crippen molar-refractivity contribution in [3.05, 3.63) is 53.6 Å². The van der Waals surface area contributed by atoms with Crippen LogP contribution in [0.4, 0.5) is 0 Å². The first-order chi connectivity index (χ1) is 15.4. The number of benzene rings is 2. The number of amides is 1. The van der Waals surface area contributed by atoms with Gasteiger partial charge in [0.1, 0.15) is 5.75 Å². The van der Waals surface area contributed by atoms with Crippen LogP contribution < -0.4 is 5.32 Å². The summed E-state index contributed by atoms with van der Waals surface area (Å²) in [4.78, 5) is 12.7. The molecule has 1 aliphatic rings. The second-order valence-electron chi connectivity index (χ2n) is 8.67. The summed E-state index contributed by atoms with van der Waals surface area (Å²) in [5.74, 6) is 1.51. The molecule has 0 radical (unpaired) electrons. The average Bonchev–Trinajstić information content (AvgIpc) is 3.18. The minimum atomic E-state index is 0.0213. The first-order valence-electron chi connectivity index (χ1n) is 11.2. The standard InChI is InChI=1S/C25H30N4O2S/c1-16-12-13-21(18(3)14-16)29-24(19-9-5-7-11-22(19)30)27-28-25(29)32-15-23(31)26-20-10-6-4-8-17(20)2/h5,7,9,11-14,17,20,30H,4,6,8,10,15H2,1-3H3,(H,26,31)/t17-,20+/m0/s1. The summed E-state index contributed by atoms with van der Waals surface area (Å²) in [6.45, 7) is 6.31. The molecule has 2 atom stereocenters. The summed E-state index contributed by atoms with van der Waals surface area (Å²) in [5, 5.41) is 23.1. The number of para-hydroxylation sites is 1. The van der Waals surface area contributed by atoms with Crippen LogP contribution in [0.3, 0.4) is 0 Å². The number of carbonyl (C=O) groups is 1. The van der Waals surface area contributed by atoms with Crippen molar-refractivity contribution in [3.63, 3.8) is 0 Å². The molecule has 1 saturated carbocycles. The number of phenols is 1. The number of nitrogens with zero attached hydrogens (tertiary/aromatic N) is 3. The summed E-state index contributed by atoms with van der Waals surface area (Å²) >= 11 is 1.37. The highest BCUT2D eigenvalue weighted by Crippen LogP contribution is 2.34. The molecule has 168 valence electrons. The maximum atomic E-state index is 12.7. The van der Waals surface area contributed by atoms with E-state index >= 15 is 0 Å². The Kier molecular flexibility index (Phi) is 6.84. The topological polar surface area (TPSA) is 80.0 Å². The van der Waals surface area contributed by atoms with Crippen LogP contribution >= 0.6 is 11.8 Å². The molecule has 2 N–H and O–H groups in total. The number of hydrogen-bond acceptors (Lipinski definition) is 5. The number of hydrogen-bond donors (Lipinski definition) is 2. The molecule has 0 unspecified atom stereocenters. The fourth-order valence-electron chi connectivity index (χ4n) is 4.38.